The van der Waals surface area contributed by atoms with Crippen molar-refractivity contribution in [1.29, 1.82) is 0 Å². The Hall–Kier alpha value is 1.41. The predicted octanol–water partition coefficient (Wildman–Crippen LogP) is 15.6. The first kappa shape index (κ1) is 69.0. The van der Waals surface area contributed by atoms with Gasteiger partial charge in [0.05, 0.1) is 0 Å². The van der Waals surface area contributed by atoms with Gasteiger partial charge in [-0.2, -0.15) is 0 Å². The fourth-order valence-corrected chi connectivity index (χ4v) is 10.0. The first-order valence-corrected chi connectivity index (χ1v) is 28.5. The molecular formula is C48H99NdO9P3+3. The summed E-state index contributed by atoms with van der Waals surface area (Å²) < 4.78 is 48.8. The van der Waals surface area contributed by atoms with Crippen molar-refractivity contribution in [3.8, 4) is 0 Å². The summed E-state index contributed by atoms with van der Waals surface area (Å²) in [7, 11) is -8.22. The SMILES string of the molecule is CCCCC(CC)CC(O[P+](=O)[O-])C(CC)CCCC.CCCCC(CC)CC(O[P+](=O)[O-])C(CC)CCCC.CCCCC(CC)CC(O[P+](=O)[O-])C(CC)CCCC.[Nd+3]. The van der Waals surface area contributed by atoms with Gasteiger partial charge in [0.25, 0.3) is 0 Å². The molecule has 0 aromatic carbocycles. The molecule has 61 heavy (non-hydrogen) atoms. The first-order valence-electron chi connectivity index (χ1n) is 25.2. The smallest absolute Gasteiger partial charge is 0.566 e. The summed E-state index contributed by atoms with van der Waals surface area (Å²) in [6, 6.07) is 0. The van der Waals surface area contributed by atoms with Gasteiger partial charge < -0.3 is 14.7 Å². The Morgan fingerprint density at radius 3 is 0.689 bits per heavy atom. The quantitative estimate of drug-likeness (QED) is 0.0549. The maximum atomic E-state index is 11.0. The van der Waals surface area contributed by atoms with Crippen LogP contribution in [-0.2, 0) is 27.3 Å². The van der Waals surface area contributed by atoms with Crippen LogP contribution in [0.5, 0.6) is 0 Å². The Balaban J connectivity index is -0.000000396. The van der Waals surface area contributed by atoms with Crippen molar-refractivity contribution in [3.63, 3.8) is 0 Å². The third kappa shape index (κ3) is 40.2. The van der Waals surface area contributed by atoms with Crippen LogP contribution in [0.2, 0.25) is 0 Å². The third-order valence-electron chi connectivity index (χ3n) is 12.9. The standard InChI is InChI=1S/3C16H33O3P.Nd/c3*1-5-9-11-14(7-3)13-16(19-20(17)18)15(8-4)12-10-6-2;/h3*14-16H,5-13H2,1-4H3;/q;;;+3. The van der Waals surface area contributed by atoms with Gasteiger partial charge in [-0.15, -0.1) is 13.6 Å². The van der Waals surface area contributed by atoms with E-state index in [0.717, 1.165) is 116 Å². The van der Waals surface area contributed by atoms with E-state index in [2.05, 4.69) is 83.1 Å². The average molecular weight is 1060 g/mol. The van der Waals surface area contributed by atoms with Crippen molar-refractivity contribution in [2.75, 3.05) is 0 Å². The fraction of sp³-hybridized carbons (Fsp3) is 1.00. The van der Waals surface area contributed by atoms with Crippen molar-refractivity contribution in [2.45, 2.75) is 275 Å². The molecule has 0 fully saturated rings. The minimum Gasteiger partial charge on any atom is -0.566 e. The van der Waals surface area contributed by atoms with E-state index in [1.165, 1.54) is 57.8 Å². The van der Waals surface area contributed by atoms with Crippen molar-refractivity contribution in [3.05, 3.63) is 0 Å². The van der Waals surface area contributed by atoms with Crippen LogP contribution in [0.15, 0.2) is 0 Å². The molecule has 0 aliphatic heterocycles. The Labute approximate surface area is 414 Å². The number of rotatable bonds is 39. The predicted molar refractivity (Wildman–Crippen MR) is 251 cm³/mol. The van der Waals surface area contributed by atoms with E-state index in [-0.39, 0.29) is 59.2 Å². The first-order chi connectivity index (χ1) is 28.7. The van der Waals surface area contributed by atoms with Crippen LogP contribution in [0.1, 0.15) is 256 Å². The fourth-order valence-electron chi connectivity index (χ4n) is 8.58. The molecule has 0 rings (SSSR count). The second-order valence-electron chi connectivity index (χ2n) is 17.5. The molecule has 0 saturated heterocycles. The van der Waals surface area contributed by atoms with E-state index in [4.69, 9.17) is 13.6 Å². The van der Waals surface area contributed by atoms with Gasteiger partial charge in [-0.25, -0.2) is 0 Å². The van der Waals surface area contributed by atoms with Crippen molar-refractivity contribution < 1.29 is 82.8 Å². The maximum Gasteiger partial charge on any atom is 3.00 e. The molecule has 9 nitrogen and oxygen atoms in total. The van der Waals surface area contributed by atoms with Crippen LogP contribution in [0.3, 0.4) is 0 Å². The molecule has 0 amide bonds. The van der Waals surface area contributed by atoms with Crippen molar-refractivity contribution in [1.82, 2.24) is 0 Å². The molecule has 0 spiro atoms. The molecule has 13 heteroatoms. The summed E-state index contributed by atoms with van der Waals surface area (Å²) in [6.45, 7) is 26.1. The van der Waals surface area contributed by atoms with Crippen molar-refractivity contribution in [2.24, 2.45) is 35.5 Å². The average Bonchev–Trinajstić information content (AvgIpc) is 3.22. The Bertz CT molecular complexity index is 864. The maximum absolute atomic E-state index is 11.0. The largest absolute Gasteiger partial charge is 3.00 e. The summed E-state index contributed by atoms with van der Waals surface area (Å²) >= 11 is 0. The molecule has 0 heterocycles. The van der Waals surface area contributed by atoms with Crippen LogP contribution in [0.25, 0.3) is 0 Å². The molecular weight excluding hydrogens is 958 g/mol. The van der Waals surface area contributed by atoms with Gasteiger partial charge in [-0.05, 0) is 87.7 Å². The summed E-state index contributed by atoms with van der Waals surface area (Å²) in [6.07, 6.45) is 29.6. The molecule has 0 N–H and O–H groups in total. The van der Waals surface area contributed by atoms with Crippen LogP contribution in [-0.4, -0.2) is 18.3 Å². The van der Waals surface area contributed by atoms with Gasteiger partial charge in [0.2, 0.25) is 0 Å². The van der Waals surface area contributed by atoms with Gasteiger partial charge in [-0.3, -0.25) is 0 Å². The van der Waals surface area contributed by atoms with Crippen molar-refractivity contribution >= 4 is 24.8 Å². The molecule has 0 aromatic rings. The van der Waals surface area contributed by atoms with Gasteiger partial charge >= 0.3 is 65.6 Å². The number of unbranched alkanes of at least 4 members (excludes halogenated alkanes) is 6. The second-order valence-corrected chi connectivity index (χ2v) is 19.5. The third-order valence-corrected chi connectivity index (χ3v) is 14.3. The summed E-state index contributed by atoms with van der Waals surface area (Å²) in [5.41, 5.74) is 0. The second kappa shape index (κ2) is 49.3. The van der Waals surface area contributed by atoms with Crippen LogP contribution >= 0.6 is 24.8 Å². The Morgan fingerprint density at radius 1 is 0.344 bits per heavy atom. The van der Waals surface area contributed by atoms with E-state index >= 15 is 0 Å². The zero-order valence-corrected chi connectivity index (χ0v) is 47.7. The van der Waals surface area contributed by atoms with E-state index in [1.807, 2.05) is 0 Å². The molecule has 1 radical (unpaired) electrons. The molecule has 0 aromatic heterocycles. The summed E-state index contributed by atoms with van der Waals surface area (Å²) in [5.74, 6) is 2.89. The minimum atomic E-state index is -2.74. The Morgan fingerprint density at radius 2 is 0.541 bits per heavy atom. The minimum absolute atomic E-state index is 0. The number of hydrogen-bond acceptors (Lipinski definition) is 9. The van der Waals surface area contributed by atoms with Gasteiger partial charge in [-0.1, -0.05) is 218 Å². The van der Waals surface area contributed by atoms with Crippen LogP contribution < -0.4 is 14.7 Å². The van der Waals surface area contributed by atoms with Gasteiger partial charge in [0.1, 0.15) is 18.3 Å². The van der Waals surface area contributed by atoms with E-state index in [9.17, 15) is 28.4 Å². The van der Waals surface area contributed by atoms with Crippen LogP contribution in [0, 0.1) is 76.3 Å². The van der Waals surface area contributed by atoms with Crippen LogP contribution in [0.4, 0.5) is 0 Å². The van der Waals surface area contributed by atoms with Gasteiger partial charge in [0, 0.05) is 0 Å². The normalized spacial score (nSPS) is 16.5. The molecule has 12 atom stereocenters. The molecule has 0 aliphatic rings. The molecule has 0 saturated carbocycles. The summed E-state index contributed by atoms with van der Waals surface area (Å²) in [4.78, 5) is 33.0. The molecule has 0 bridgehead atoms. The summed E-state index contributed by atoms with van der Waals surface area (Å²) in [5, 5.41) is 0. The number of hydrogen-bond donors (Lipinski definition) is 0. The zero-order valence-electron chi connectivity index (χ0n) is 41.8. The van der Waals surface area contributed by atoms with E-state index in [0.29, 0.717) is 35.5 Å². The monoisotopic (exact) mass is 1050 g/mol. The van der Waals surface area contributed by atoms with E-state index < -0.39 is 24.8 Å². The topological polar surface area (TPSA) is 148 Å². The molecule has 0 aliphatic carbocycles. The van der Waals surface area contributed by atoms with Gasteiger partial charge in [0.15, 0.2) is 0 Å². The Kier molecular flexibility index (Phi) is 55.8. The zero-order chi connectivity index (χ0) is 46.1. The molecule has 12 unspecified atom stereocenters. The molecule has 361 valence electrons. The van der Waals surface area contributed by atoms with E-state index in [1.54, 1.807) is 0 Å².